The monoisotopic (exact) mass is 398 g/mol. The summed E-state index contributed by atoms with van der Waals surface area (Å²) in [6, 6.07) is 3.68. The summed E-state index contributed by atoms with van der Waals surface area (Å²) in [5, 5.41) is 22.9. The van der Waals surface area contributed by atoms with Gasteiger partial charge in [-0.2, -0.15) is 0 Å². The molecule has 8 atom stereocenters. The number of aliphatic hydroxyl groups is 2. The Bertz CT molecular complexity index is 839. The minimum Gasteiger partial charge on any atom is -0.465 e. The number of rotatable bonds is 2. The molecule has 0 spiro atoms. The van der Waals surface area contributed by atoms with Crippen LogP contribution < -0.4 is 0 Å². The van der Waals surface area contributed by atoms with Gasteiger partial charge in [-0.05, 0) is 66.7 Å². The van der Waals surface area contributed by atoms with Gasteiger partial charge >= 0.3 is 0 Å². The highest BCUT2D eigenvalue weighted by Crippen LogP contribution is 2.68. The third-order valence-electron chi connectivity index (χ3n) is 9.13. The largest absolute Gasteiger partial charge is 0.465 e. The molecule has 29 heavy (non-hydrogen) atoms. The molecule has 0 aromatic carbocycles. The first-order valence-corrected chi connectivity index (χ1v) is 10.9. The first-order chi connectivity index (χ1) is 13.6. The summed E-state index contributed by atoms with van der Waals surface area (Å²) in [5.74, 6) is 0.640. The molecule has 4 rings (SSSR count). The highest BCUT2D eigenvalue weighted by Gasteiger charge is 2.68. The van der Waals surface area contributed by atoms with Gasteiger partial charge in [0.2, 0.25) is 0 Å². The molecule has 0 radical (unpaired) electrons. The van der Waals surface area contributed by atoms with E-state index >= 15 is 0 Å². The minimum atomic E-state index is -0.681. The Balaban J connectivity index is 1.91. The maximum absolute atomic E-state index is 13.8. The number of aliphatic hydroxyl groups excluding tert-OH is 2. The fraction of sp³-hybridized carbons (Fsp3) is 0.640. The third kappa shape index (κ3) is 2.68. The molecule has 0 unspecified atom stereocenters. The number of hydrogen-bond acceptors (Lipinski definition) is 4. The second kappa shape index (κ2) is 6.68. The molecule has 1 heterocycles. The molecule has 0 aliphatic heterocycles. The van der Waals surface area contributed by atoms with Crippen LogP contribution >= 0.6 is 0 Å². The van der Waals surface area contributed by atoms with Gasteiger partial charge in [0, 0.05) is 16.7 Å². The van der Waals surface area contributed by atoms with Crippen molar-refractivity contribution in [2.45, 2.75) is 65.6 Å². The number of carbonyl (C=O) groups is 1. The number of furan rings is 1. The Labute approximate surface area is 173 Å². The van der Waals surface area contributed by atoms with Crippen LogP contribution in [0.5, 0.6) is 0 Å². The lowest BCUT2D eigenvalue weighted by atomic mass is 9.44. The highest BCUT2D eigenvalue weighted by atomic mass is 16.3. The molecule has 4 heteroatoms. The van der Waals surface area contributed by atoms with Gasteiger partial charge in [-0.1, -0.05) is 33.8 Å². The van der Waals surface area contributed by atoms with Crippen LogP contribution in [0.25, 0.3) is 6.08 Å². The topological polar surface area (TPSA) is 70.7 Å². The van der Waals surface area contributed by atoms with Crippen LogP contribution in [0, 0.1) is 34.0 Å². The molecule has 3 aliphatic rings. The molecular weight excluding hydrogens is 364 g/mol. The fourth-order valence-electron chi connectivity index (χ4n) is 6.89. The standard InChI is InChI=1S/C25H34O4/c1-6-23(4)14-19(26)24(5)15(2)9-10-25(16(3)22(23)28)13-17(20(27)21(24)25)12-18-8-7-11-29-18/h6-8,11-12,15-16,19,21-22,26,28H,1,9-10,13-14H2,2-5H3/b17-12+/t15-,16+,19-,21+,22+,23-,24+,25+/m1/s1. The Morgan fingerprint density at radius 1 is 1.28 bits per heavy atom. The van der Waals surface area contributed by atoms with Gasteiger partial charge in [0.15, 0.2) is 5.78 Å². The van der Waals surface area contributed by atoms with E-state index in [0.29, 0.717) is 18.6 Å². The summed E-state index contributed by atoms with van der Waals surface area (Å²) in [7, 11) is 0. The van der Waals surface area contributed by atoms with Gasteiger partial charge in [-0.3, -0.25) is 4.79 Å². The molecule has 0 amide bonds. The van der Waals surface area contributed by atoms with Crippen LogP contribution in [0.15, 0.2) is 41.0 Å². The van der Waals surface area contributed by atoms with E-state index in [1.807, 2.05) is 25.1 Å². The predicted octanol–water partition coefficient (Wildman–Crippen LogP) is 4.63. The quantitative estimate of drug-likeness (QED) is 0.563. The summed E-state index contributed by atoms with van der Waals surface area (Å²) in [4.78, 5) is 13.8. The molecule has 3 fully saturated rings. The van der Waals surface area contributed by atoms with Crippen molar-refractivity contribution in [3.63, 3.8) is 0 Å². The molecular formula is C25H34O4. The van der Waals surface area contributed by atoms with E-state index in [2.05, 4.69) is 27.4 Å². The van der Waals surface area contributed by atoms with Crippen molar-refractivity contribution in [3.05, 3.63) is 42.4 Å². The third-order valence-corrected chi connectivity index (χ3v) is 9.13. The summed E-state index contributed by atoms with van der Waals surface area (Å²) in [6.45, 7) is 12.3. The maximum atomic E-state index is 13.8. The number of allylic oxidation sites excluding steroid dienone is 1. The van der Waals surface area contributed by atoms with Crippen molar-refractivity contribution in [1.29, 1.82) is 0 Å². The van der Waals surface area contributed by atoms with Gasteiger partial charge in [0.05, 0.1) is 18.5 Å². The molecule has 3 aliphatic carbocycles. The lowest BCUT2D eigenvalue weighted by molar-refractivity contribution is -0.191. The first-order valence-electron chi connectivity index (χ1n) is 10.9. The van der Waals surface area contributed by atoms with Crippen LogP contribution in [0.1, 0.15) is 59.1 Å². The predicted molar refractivity (Wildman–Crippen MR) is 113 cm³/mol. The van der Waals surface area contributed by atoms with E-state index in [-0.39, 0.29) is 29.0 Å². The van der Waals surface area contributed by atoms with Crippen molar-refractivity contribution >= 4 is 11.9 Å². The van der Waals surface area contributed by atoms with Crippen molar-refractivity contribution in [2.24, 2.45) is 34.0 Å². The minimum absolute atomic E-state index is 0.0822. The summed E-state index contributed by atoms with van der Waals surface area (Å²) in [5.41, 5.74) is -0.723. The Morgan fingerprint density at radius 2 is 2.00 bits per heavy atom. The summed E-state index contributed by atoms with van der Waals surface area (Å²) in [6.07, 6.45) is 6.81. The number of Topliss-reactive ketones (excluding diaryl/α,β-unsaturated/α-hetero) is 1. The van der Waals surface area contributed by atoms with Gasteiger partial charge in [0.1, 0.15) is 5.76 Å². The molecule has 158 valence electrons. The second-order valence-corrected chi connectivity index (χ2v) is 10.4. The second-order valence-electron chi connectivity index (χ2n) is 10.4. The van der Waals surface area contributed by atoms with E-state index < -0.39 is 23.0 Å². The van der Waals surface area contributed by atoms with Crippen LogP contribution in [0.2, 0.25) is 0 Å². The molecule has 0 saturated heterocycles. The zero-order valence-electron chi connectivity index (χ0n) is 18.0. The van der Waals surface area contributed by atoms with E-state index in [1.54, 1.807) is 12.3 Å². The highest BCUT2D eigenvalue weighted by molar-refractivity contribution is 6.04. The zero-order chi connectivity index (χ0) is 21.2. The molecule has 1 aromatic heterocycles. The molecule has 3 saturated carbocycles. The smallest absolute Gasteiger partial charge is 0.163 e. The van der Waals surface area contributed by atoms with E-state index in [1.165, 1.54) is 0 Å². The van der Waals surface area contributed by atoms with Gasteiger partial charge in [-0.25, -0.2) is 0 Å². The van der Waals surface area contributed by atoms with Gasteiger partial charge in [-0.15, -0.1) is 6.58 Å². The Hall–Kier alpha value is -1.65. The van der Waals surface area contributed by atoms with E-state index in [0.717, 1.165) is 18.4 Å². The maximum Gasteiger partial charge on any atom is 0.163 e. The average Bonchev–Trinajstić information content (AvgIpc) is 3.30. The SMILES string of the molecule is C=C[C@]1(C)C[C@@H](O)[C@]2(C)[C@H](C)CC[C@]3(C/C(=C\c4ccco4)C(=O)[C@H]32)[C@@H](C)[C@@H]1O. The van der Waals surface area contributed by atoms with Crippen LogP contribution in [0.3, 0.4) is 0 Å². The molecule has 1 aromatic rings. The van der Waals surface area contributed by atoms with Crippen LogP contribution in [0.4, 0.5) is 0 Å². The number of carbonyl (C=O) groups excluding carboxylic acids is 1. The number of ketones is 1. The van der Waals surface area contributed by atoms with Crippen molar-refractivity contribution in [3.8, 4) is 0 Å². The molecule has 2 bridgehead atoms. The normalized spacial score (nSPS) is 48.8. The Kier molecular flexibility index (Phi) is 4.75. The Morgan fingerprint density at radius 3 is 2.62 bits per heavy atom. The zero-order valence-corrected chi connectivity index (χ0v) is 18.0. The fourth-order valence-corrected chi connectivity index (χ4v) is 6.89. The average molecular weight is 399 g/mol. The lowest BCUT2D eigenvalue weighted by Gasteiger charge is -2.61. The van der Waals surface area contributed by atoms with Crippen LogP contribution in [-0.4, -0.2) is 28.2 Å². The lowest BCUT2D eigenvalue weighted by Crippen LogP contribution is -2.62. The summed E-state index contributed by atoms with van der Waals surface area (Å²) >= 11 is 0. The van der Waals surface area contributed by atoms with Crippen LogP contribution in [-0.2, 0) is 4.79 Å². The van der Waals surface area contributed by atoms with E-state index in [9.17, 15) is 15.0 Å². The van der Waals surface area contributed by atoms with Crippen molar-refractivity contribution < 1.29 is 19.4 Å². The van der Waals surface area contributed by atoms with Gasteiger partial charge in [0.25, 0.3) is 0 Å². The summed E-state index contributed by atoms with van der Waals surface area (Å²) < 4.78 is 5.48. The van der Waals surface area contributed by atoms with Crippen molar-refractivity contribution in [2.75, 3.05) is 0 Å². The van der Waals surface area contributed by atoms with Gasteiger partial charge < -0.3 is 14.6 Å². The molecule has 4 nitrogen and oxygen atoms in total. The van der Waals surface area contributed by atoms with Crippen molar-refractivity contribution in [1.82, 2.24) is 0 Å². The number of hydrogen-bond donors (Lipinski definition) is 2. The first kappa shape index (κ1) is 20.6. The molecule has 2 N–H and O–H groups in total. The van der Waals surface area contributed by atoms with E-state index in [4.69, 9.17) is 4.42 Å².